The summed E-state index contributed by atoms with van der Waals surface area (Å²) in [5, 5.41) is 0. The van der Waals surface area contributed by atoms with E-state index in [1.54, 1.807) is 38.1 Å². The Kier molecular flexibility index (Phi) is 10.1. The molecule has 0 aliphatic heterocycles. The number of hydrogen-bond donors (Lipinski definition) is 2. The summed E-state index contributed by atoms with van der Waals surface area (Å²) in [6, 6.07) is 13.7. The molecule has 0 atom stereocenters. The molecule has 0 spiro atoms. The van der Waals surface area contributed by atoms with E-state index in [0.717, 1.165) is 12.1 Å². The Balaban J connectivity index is 0.000000228. The molecule has 0 radical (unpaired) electrons. The van der Waals surface area contributed by atoms with E-state index < -0.39 is 20.2 Å². The Hall–Kier alpha value is -1.82. The summed E-state index contributed by atoms with van der Waals surface area (Å²) in [5.74, 6) is 0. The van der Waals surface area contributed by atoms with Crippen LogP contribution in [0.25, 0.3) is 0 Å². The van der Waals surface area contributed by atoms with Gasteiger partial charge in [-0.25, -0.2) is 16.8 Å². The molecule has 0 unspecified atom stereocenters. The predicted octanol–water partition coefficient (Wildman–Crippen LogP) is 0.580. The number of rotatable bonds is 2. The first-order chi connectivity index (χ1) is 13.8. The second-order valence-electron chi connectivity index (χ2n) is 7.33. The molecule has 1 aliphatic rings. The van der Waals surface area contributed by atoms with Crippen LogP contribution < -0.4 is 11.5 Å². The summed E-state index contributed by atoms with van der Waals surface area (Å²) in [6.07, 6.45) is 5.20. The lowest BCUT2D eigenvalue weighted by molar-refractivity contribution is -0.460. The van der Waals surface area contributed by atoms with Crippen LogP contribution in [0.2, 0.25) is 0 Å². The number of quaternary nitrogens is 2. The average molecular weight is 459 g/mol. The Morgan fingerprint density at radius 1 is 0.667 bits per heavy atom. The molecule has 168 valence electrons. The van der Waals surface area contributed by atoms with Crippen molar-refractivity contribution in [2.75, 3.05) is 0 Å². The predicted molar refractivity (Wildman–Crippen MR) is 110 cm³/mol. The van der Waals surface area contributed by atoms with Gasteiger partial charge in [0.25, 0.3) is 0 Å². The molecule has 2 aromatic carbocycles. The summed E-state index contributed by atoms with van der Waals surface area (Å²) in [4.78, 5) is -0.278. The van der Waals surface area contributed by atoms with E-state index in [4.69, 9.17) is 0 Å². The van der Waals surface area contributed by atoms with Crippen LogP contribution in [-0.4, -0.2) is 38.0 Å². The fourth-order valence-electron chi connectivity index (χ4n) is 2.91. The minimum Gasteiger partial charge on any atom is -0.744 e. The lowest BCUT2D eigenvalue weighted by Gasteiger charge is -2.17. The molecule has 0 aromatic heterocycles. The molecule has 2 aromatic rings. The van der Waals surface area contributed by atoms with E-state index >= 15 is 0 Å². The monoisotopic (exact) mass is 458 g/mol. The van der Waals surface area contributed by atoms with E-state index in [2.05, 4.69) is 11.5 Å². The first kappa shape index (κ1) is 26.2. The highest BCUT2D eigenvalue weighted by atomic mass is 32.2. The lowest BCUT2D eigenvalue weighted by atomic mass is 9.93. The van der Waals surface area contributed by atoms with Crippen LogP contribution in [0.15, 0.2) is 58.3 Å². The second kappa shape index (κ2) is 11.5. The maximum absolute atomic E-state index is 10.5. The van der Waals surface area contributed by atoms with Gasteiger partial charge in [0.1, 0.15) is 20.2 Å². The summed E-state index contributed by atoms with van der Waals surface area (Å²) >= 11 is 0. The molecule has 0 bridgehead atoms. The third-order valence-electron chi connectivity index (χ3n) is 4.69. The summed E-state index contributed by atoms with van der Waals surface area (Å²) in [5.41, 5.74) is 8.99. The summed E-state index contributed by atoms with van der Waals surface area (Å²) in [6.45, 7) is 3.18. The fraction of sp³-hybridized carbons (Fsp3) is 0.400. The van der Waals surface area contributed by atoms with Crippen LogP contribution in [0.3, 0.4) is 0 Å². The van der Waals surface area contributed by atoms with Gasteiger partial charge in [0, 0.05) is 25.7 Å². The van der Waals surface area contributed by atoms with Gasteiger partial charge in [-0.1, -0.05) is 36.4 Å². The molecule has 30 heavy (non-hydrogen) atoms. The summed E-state index contributed by atoms with van der Waals surface area (Å²) < 4.78 is 63.0. The molecule has 8 nitrogen and oxygen atoms in total. The van der Waals surface area contributed by atoms with Crippen LogP contribution >= 0.6 is 0 Å². The second-order valence-corrected chi connectivity index (χ2v) is 10.0. The van der Waals surface area contributed by atoms with Crippen molar-refractivity contribution in [3.8, 4) is 0 Å². The quantitative estimate of drug-likeness (QED) is 0.623. The molecule has 1 aliphatic carbocycles. The van der Waals surface area contributed by atoms with Crippen molar-refractivity contribution in [3.05, 3.63) is 59.7 Å². The zero-order valence-corrected chi connectivity index (χ0v) is 18.9. The van der Waals surface area contributed by atoms with Crippen molar-refractivity contribution in [3.63, 3.8) is 0 Å². The van der Waals surface area contributed by atoms with Crippen LogP contribution in [0.5, 0.6) is 0 Å². The minimum absolute atomic E-state index is 0.139. The van der Waals surface area contributed by atoms with Crippen LogP contribution in [0, 0.1) is 13.8 Å². The van der Waals surface area contributed by atoms with Gasteiger partial charge < -0.3 is 20.6 Å². The van der Waals surface area contributed by atoms with Gasteiger partial charge in [-0.2, -0.15) is 0 Å². The average Bonchev–Trinajstić information content (AvgIpc) is 2.64. The van der Waals surface area contributed by atoms with Gasteiger partial charge in [0.05, 0.1) is 21.9 Å². The highest BCUT2D eigenvalue weighted by Crippen LogP contribution is 2.13. The maximum atomic E-state index is 10.5. The van der Waals surface area contributed by atoms with E-state index in [1.807, 2.05) is 0 Å². The van der Waals surface area contributed by atoms with Crippen molar-refractivity contribution < 1.29 is 37.4 Å². The van der Waals surface area contributed by atoms with Crippen molar-refractivity contribution in [2.24, 2.45) is 0 Å². The molecular formula is C20H30N2O6S2. The fourth-order valence-corrected chi connectivity index (χ4v) is 4.32. The van der Waals surface area contributed by atoms with Crippen molar-refractivity contribution in [1.29, 1.82) is 0 Å². The molecule has 3 rings (SSSR count). The van der Waals surface area contributed by atoms with Gasteiger partial charge >= 0.3 is 0 Å². The van der Waals surface area contributed by atoms with Gasteiger partial charge in [0.2, 0.25) is 0 Å². The Labute approximate surface area is 178 Å². The van der Waals surface area contributed by atoms with Gasteiger partial charge in [-0.3, -0.25) is 0 Å². The molecular weight excluding hydrogens is 428 g/mol. The van der Waals surface area contributed by atoms with E-state index in [0.29, 0.717) is 11.1 Å². The smallest absolute Gasteiger partial charge is 0.124 e. The number of aryl methyl sites for hydroxylation is 2. The topological polar surface area (TPSA) is 170 Å². The molecule has 0 saturated heterocycles. The first-order valence-corrected chi connectivity index (χ1v) is 12.3. The van der Waals surface area contributed by atoms with Gasteiger partial charge in [0.15, 0.2) is 0 Å². The van der Waals surface area contributed by atoms with Gasteiger partial charge in [-0.15, -0.1) is 0 Å². The Bertz CT molecular complexity index is 932. The SMILES string of the molecule is Cc1ccccc1S(=O)(=O)[O-].Cc1ccccc1S(=O)(=O)[O-].[NH3+]C1CCC([NH3+])CC1. The Morgan fingerprint density at radius 3 is 1.13 bits per heavy atom. The van der Waals surface area contributed by atoms with Crippen LogP contribution in [0.4, 0.5) is 0 Å². The molecule has 1 saturated carbocycles. The Morgan fingerprint density at radius 2 is 0.933 bits per heavy atom. The van der Waals surface area contributed by atoms with Crippen LogP contribution in [-0.2, 0) is 20.2 Å². The zero-order valence-electron chi connectivity index (χ0n) is 17.3. The molecule has 1 fully saturated rings. The maximum Gasteiger partial charge on any atom is 0.124 e. The van der Waals surface area contributed by atoms with Crippen molar-refractivity contribution in [1.82, 2.24) is 0 Å². The van der Waals surface area contributed by atoms with Gasteiger partial charge in [-0.05, 0) is 37.1 Å². The van der Waals surface area contributed by atoms with E-state index in [-0.39, 0.29) is 9.79 Å². The standard InChI is InChI=1S/2C7H8O3S.C6H14N2/c2*1-6-4-2-3-5-7(6)11(8,9)10;7-5-1-2-6(8)4-3-5/h2*2-5H,1H3,(H,8,9,10);5-6H,1-4,7-8H2. The van der Waals surface area contributed by atoms with Crippen molar-refractivity contribution in [2.45, 2.75) is 61.4 Å². The molecule has 0 amide bonds. The largest absolute Gasteiger partial charge is 0.744 e. The highest BCUT2D eigenvalue weighted by molar-refractivity contribution is 7.86. The number of benzene rings is 2. The first-order valence-electron chi connectivity index (χ1n) is 9.51. The van der Waals surface area contributed by atoms with Crippen molar-refractivity contribution >= 4 is 20.2 Å². The number of hydrogen-bond acceptors (Lipinski definition) is 6. The molecule has 10 heteroatoms. The van der Waals surface area contributed by atoms with Crippen LogP contribution in [0.1, 0.15) is 36.8 Å². The highest BCUT2D eigenvalue weighted by Gasteiger charge is 2.19. The summed E-state index contributed by atoms with van der Waals surface area (Å²) in [7, 11) is -8.57. The third-order valence-corrected chi connectivity index (χ3v) is 6.69. The minimum atomic E-state index is -4.28. The molecule has 0 heterocycles. The van der Waals surface area contributed by atoms with E-state index in [1.165, 1.54) is 49.9 Å². The normalized spacial score (nSPS) is 19.0. The lowest BCUT2D eigenvalue weighted by Crippen LogP contribution is -2.68. The van der Waals surface area contributed by atoms with E-state index in [9.17, 15) is 25.9 Å². The molecule has 6 N–H and O–H groups in total. The third kappa shape index (κ3) is 9.33. The zero-order chi connectivity index (χ0) is 22.9.